The molecule has 28 heavy (non-hydrogen) atoms. The van der Waals surface area contributed by atoms with Gasteiger partial charge >= 0.3 is 5.97 Å². The molecular formula is C21H17N3O3S. The van der Waals surface area contributed by atoms with Crippen LogP contribution < -0.4 is 4.90 Å². The van der Waals surface area contributed by atoms with Gasteiger partial charge in [0.05, 0.1) is 24.9 Å². The van der Waals surface area contributed by atoms with Crippen molar-refractivity contribution in [1.29, 1.82) is 0 Å². The molecule has 2 aromatic carbocycles. The fourth-order valence-electron chi connectivity index (χ4n) is 4.10. The maximum Gasteiger partial charge on any atom is 0.337 e. The van der Waals surface area contributed by atoms with Gasteiger partial charge in [-0.15, -0.1) is 0 Å². The number of benzene rings is 2. The molecule has 0 saturated carbocycles. The minimum atomic E-state index is -0.412. The predicted octanol–water partition coefficient (Wildman–Crippen LogP) is 3.01. The zero-order chi connectivity index (χ0) is 19.4. The van der Waals surface area contributed by atoms with Gasteiger partial charge in [0.15, 0.2) is 5.11 Å². The first-order chi connectivity index (χ1) is 13.6. The third kappa shape index (κ3) is 2.36. The molecule has 2 aliphatic rings. The van der Waals surface area contributed by atoms with Gasteiger partial charge in [0.1, 0.15) is 6.04 Å². The van der Waals surface area contributed by atoms with Crippen molar-refractivity contribution in [3.8, 4) is 0 Å². The number of anilines is 1. The molecule has 1 aromatic heterocycles. The fourth-order valence-corrected chi connectivity index (χ4v) is 4.49. The predicted molar refractivity (Wildman–Crippen MR) is 109 cm³/mol. The second-order valence-electron chi connectivity index (χ2n) is 6.97. The Hall–Kier alpha value is -3.19. The van der Waals surface area contributed by atoms with E-state index in [2.05, 4.69) is 11.1 Å². The van der Waals surface area contributed by atoms with E-state index in [4.69, 9.17) is 17.0 Å². The number of nitrogens with one attached hydrogen (secondary N) is 1. The molecule has 0 unspecified atom stereocenters. The zero-order valence-corrected chi connectivity index (χ0v) is 16.0. The number of amides is 1. The van der Waals surface area contributed by atoms with Crippen molar-refractivity contribution in [2.75, 3.05) is 12.0 Å². The van der Waals surface area contributed by atoms with Crippen molar-refractivity contribution in [3.63, 3.8) is 0 Å². The van der Waals surface area contributed by atoms with E-state index in [1.54, 1.807) is 29.2 Å². The Balaban J connectivity index is 1.48. The number of methoxy groups -OCH3 is 1. The average Bonchev–Trinajstić information content (AvgIpc) is 3.21. The summed E-state index contributed by atoms with van der Waals surface area (Å²) in [6, 6.07) is 14.6. The molecule has 6 nitrogen and oxygen atoms in total. The smallest absolute Gasteiger partial charge is 0.337 e. The quantitative estimate of drug-likeness (QED) is 0.537. The van der Waals surface area contributed by atoms with Gasteiger partial charge in [0.25, 0.3) is 5.91 Å². The maximum absolute atomic E-state index is 13.2. The number of hydrogen-bond donors (Lipinski definition) is 1. The Labute approximate surface area is 166 Å². The Morgan fingerprint density at radius 2 is 1.93 bits per heavy atom. The van der Waals surface area contributed by atoms with Crippen LogP contribution in [0.15, 0.2) is 48.5 Å². The Bertz CT molecular complexity index is 1140. The summed E-state index contributed by atoms with van der Waals surface area (Å²) in [5.41, 5.74) is 4.47. The van der Waals surface area contributed by atoms with Crippen LogP contribution in [0.5, 0.6) is 0 Å². The molecule has 0 aliphatic carbocycles. The average molecular weight is 391 g/mol. The number of rotatable bonds is 2. The second-order valence-corrected chi connectivity index (χ2v) is 7.34. The lowest BCUT2D eigenvalue weighted by molar-refractivity contribution is -0.119. The minimum Gasteiger partial charge on any atom is -0.465 e. The van der Waals surface area contributed by atoms with Crippen LogP contribution in [0.3, 0.4) is 0 Å². The minimum absolute atomic E-state index is 0.0354. The molecule has 7 heteroatoms. The number of nitrogens with zero attached hydrogens (tertiary/aromatic N) is 2. The van der Waals surface area contributed by atoms with Crippen LogP contribution in [-0.2, 0) is 22.5 Å². The highest BCUT2D eigenvalue weighted by molar-refractivity contribution is 7.80. The number of H-pyrrole nitrogens is 1. The van der Waals surface area contributed by atoms with Crippen LogP contribution >= 0.6 is 12.2 Å². The van der Waals surface area contributed by atoms with E-state index < -0.39 is 5.97 Å². The summed E-state index contributed by atoms with van der Waals surface area (Å²) in [7, 11) is 1.34. The third-order valence-corrected chi connectivity index (χ3v) is 5.91. The van der Waals surface area contributed by atoms with Crippen molar-refractivity contribution in [2.24, 2.45) is 0 Å². The molecule has 1 amide bonds. The molecule has 1 fully saturated rings. The van der Waals surface area contributed by atoms with Crippen molar-refractivity contribution in [2.45, 2.75) is 19.0 Å². The van der Waals surface area contributed by atoms with Crippen LogP contribution in [0.1, 0.15) is 21.6 Å². The van der Waals surface area contributed by atoms with Crippen molar-refractivity contribution in [3.05, 3.63) is 65.4 Å². The first-order valence-corrected chi connectivity index (χ1v) is 9.40. The van der Waals surface area contributed by atoms with E-state index in [0.29, 0.717) is 29.3 Å². The number of aromatic nitrogens is 1. The topological polar surface area (TPSA) is 65.6 Å². The maximum atomic E-state index is 13.2. The number of aromatic amines is 1. The Morgan fingerprint density at radius 1 is 1.18 bits per heavy atom. The summed E-state index contributed by atoms with van der Waals surface area (Å²) >= 11 is 5.64. The number of para-hydroxylation sites is 1. The largest absolute Gasteiger partial charge is 0.465 e. The van der Waals surface area contributed by atoms with Crippen LogP contribution in [0.25, 0.3) is 10.9 Å². The monoisotopic (exact) mass is 391 g/mol. The van der Waals surface area contributed by atoms with Gasteiger partial charge < -0.3 is 14.6 Å². The molecule has 0 radical (unpaired) electrons. The van der Waals surface area contributed by atoms with Gasteiger partial charge in [-0.1, -0.05) is 18.2 Å². The van der Waals surface area contributed by atoms with Crippen LogP contribution in [0.4, 0.5) is 5.69 Å². The van der Waals surface area contributed by atoms with Gasteiger partial charge in [0, 0.05) is 23.0 Å². The number of fused-ring (bicyclic) bond motifs is 4. The van der Waals surface area contributed by atoms with E-state index in [0.717, 1.165) is 16.6 Å². The molecule has 1 N–H and O–H groups in total. The SMILES string of the molecule is COC(=O)c1ccc(N2C(=O)[C@H]3Cc4c([nH]c5ccccc45)CN3C2=S)cc1. The molecule has 0 bridgehead atoms. The van der Waals surface area contributed by atoms with E-state index in [9.17, 15) is 9.59 Å². The lowest BCUT2D eigenvalue weighted by atomic mass is 9.97. The van der Waals surface area contributed by atoms with E-state index in [1.165, 1.54) is 12.7 Å². The van der Waals surface area contributed by atoms with E-state index in [1.807, 2.05) is 23.1 Å². The molecule has 1 atom stereocenters. The highest BCUT2D eigenvalue weighted by Crippen LogP contribution is 2.36. The van der Waals surface area contributed by atoms with E-state index >= 15 is 0 Å². The molecule has 5 rings (SSSR count). The Kier molecular flexibility index (Phi) is 3.73. The Morgan fingerprint density at radius 3 is 2.68 bits per heavy atom. The highest BCUT2D eigenvalue weighted by Gasteiger charge is 2.46. The standard InChI is InChI=1S/C21H17N3O3S/c1-27-20(26)12-6-8-13(9-7-12)24-19(25)18-10-15-14-4-2-3-5-16(14)22-17(15)11-23(18)21(24)28/h2-9,18,22H,10-11H2,1H3/t18-/m1/s1. The molecule has 2 aliphatic heterocycles. The normalized spacial score (nSPS) is 18.4. The number of esters is 1. The fraction of sp³-hybridized carbons (Fsp3) is 0.190. The van der Waals surface area contributed by atoms with Crippen molar-refractivity contribution in [1.82, 2.24) is 9.88 Å². The number of hydrogen-bond acceptors (Lipinski definition) is 4. The summed E-state index contributed by atoms with van der Waals surface area (Å²) in [6.45, 7) is 0.579. The molecule has 3 aromatic rings. The second kappa shape index (κ2) is 6.17. The summed E-state index contributed by atoms with van der Waals surface area (Å²) in [6.07, 6.45) is 0.620. The van der Waals surface area contributed by atoms with Gasteiger partial charge in [-0.3, -0.25) is 9.69 Å². The lowest BCUT2D eigenvalue weighted by Gasteiger charge is -2.28. The van der Waals surface area contributed by atoms with Crippen LogP contribution in [-0.4, -0.2) is 40.0 Å². The van der Waals surface area contributed by atoms with Crippen molar-refractivity contribution >= 4 is 45.8 Å². The summed E-state index contributed by atoms with van der Waals surface area (Å²) in [4.78, 5) is 31.8. The van der Waals surface area contributed by atoms with Crippen molar-refractivity contribution < 1.29 is 14.3 Å². The van der Waals surface area contributed by atoms with Crippen LogP contribution in [0.2, 0.25) is 0 Å². The highest BCUT2D eigenvalue weighted by atomic mass is 32.1. The summed E-state index contributed by atoms with van der Waals surface area (Å²) < 4.78 is 4.73. The number of carbonyl (C=O) groups is 2. The molecular weight excluding hydrogens is 374 g/mol. The molecule has 1 saturated heterocycles. The summed E-state index contributed by atoms with van der Waals surface area (Å²) in [5, 5.41) is 1.65. The molecule has 3 heterocycles. The lowest BCUT2D eigenvalue weighted by Crippen LogP contribution is -2.39. The van der Waals surface area contributed by atoms with E-state index in [-0.39, 0.29) is 11.9 Å². The van der Waals surface area contributed by atoms with Gasteiger partial charge in [-0.05, 0) is 48.1 Å². The van der Waals surface area contributed by atoms with Gasteiger partial charge in [-0.2, -0.15) is 0 Å². The zero-order valence-electron chi connectivity index (χ0n) is 15.1. The number of ether oxygens (including phenoxy) is 1. The number of carbonyl (C=O) groups excluding carboxylic acids is 2. The van der Waals surface area contributed by atoms with Gasteiger partial charge in [0.2, 0.25) is 0 Å². The first kappa shape index (κ1) is 16.9. The van der Waals surface area contributed by atoms with Gasteiger partial charge in [-0.25, -0.2) is 4.79 Å². The van der Waals surface area contributed by atoms with Crippen LogP contribution in [0, 0.1) is 0 Å². The number of thiocarbonyl (C=S) groups is 1. The third-order valence-electron chi connectivity index (χ3n) is 5.49. The molecule has 140 valence electrons. The first-order valence-electron chi connectivity index (χ1n) is 9.00. The molecule has 0 spiro atoms. The summed E-state index contributed by atoms with van der Waals surface area (Å²) in [5.74, 6) is -0.448.